The highest BCUT2D eigenvalue weighted by Crippen LogP contribution is 2.40. The molecule has 1 aromatic heterocycles. The van der Waals surface area contributed by atoms with E-state index in [0.717, 1.165) is 47.2 Å². The fourth-order valence-corrected chi connectivity index (χ4v) is 4.21. The molecule has 0 radical (unpaired) electrons. The number of carbonyl (C=O) groups is 1. The summed E-state index contributed by atoms with van der Waals surface area (Å²) in [7, 11) is 1.59. The van der Waals surface area contributed by atoms with Crippen LogP contribution in [-0.4, -0.2) is 53.5 Å². The fraction of sp³-hybridized carbons (Fsp3) is 0.333. The number of ether oxygens (including phenoxy) is 1. The lowest BCUT2D eigenvalue weighted by Crippen LogP contribution is -2.31. The van der Waals surface area contributed by atoms with E-state index in [1.165, 1.54) is 12.6 Å². The van der Waals surface area contributed by atoms with Crippen molar-refractivity contribution in [2.75, 3.05) is 26.8 Å². The molecule has 1 saturated heterocycles. The van der Waals surface area contributed by atoms with Gasteiger partial charge in [-0.2, -0.15) is 0 Å². The van der Waals surface area contributed by atoms with Crippen molar-refractivity contribution in [3.05, 3.63) is 52.5 Å². The molecule has 1 fully saturated rings. The Hall–Kier alpha value is -3.24. The van der Waals surface area contributed by atoms with Gasteiger partial charge in [-0.25, -0.2) is 0 Å². The highest BCUT2D eigenvalue weighted by Gasteiger charge is 2.20. The Balaban J connectivity index is 1.44. The maximum absolute atomic E-state index is 12.2. The zero-order valence-electron chi connectivity index (χ0n) is 18.9. The number of methoxy groups -OCH3 is 1. The Kier molecular flexibility index (Phi) is 7.91. The van der Waals surface area contributed by atoms with E-state index >= 15 is 0 Å². The molecular weight excluding hydrogens is 502 g/mol. The van der Waals surface area contributed by atoms with E-state index in [2.05, 4.69) is 36.2 Å². The van der Waals surface area contributed by atoms with Gasteiger partial charge in [0.1, 0.15) is 5.75 Å². The molecule has 2 heterocycles. The number of halogens is 1. The minimum Gasteiger partial charge on any atom is -0.497 e. The second kappa shape index (κ2) is 11.3. The molecular formula is C24H26BrN5O4. The Labute approximate surface area is 205 Å². The number of carbonyl (C=O) groups excluding carboxylic acids is 1. The molecule has 9 nitrogen and oxygen atoms in total. The molecule has 0 bridgehead atoms. The summed E-state index contributed by atoms with van der Waals surface area (Å²) in [4.78, 5) is 19.5. The lowest BCUT2D eigenvalue weighted by Gasteiger charge is -2.27. The molecule has 10 heteroatoms. The summed E-state index contributed by atoms with van der Waals surface area (Å²) in [6.07, 6.45) is 5.01. The van der Waals surface area contributed by atoms with Crippen LogP contribution in [0.2, 0.25) is 0 Å². The molecule has 3 aromatic rings. The van der Waals surface area contributed by atoms with Gasteiger partial charge in [-0.3, -0.25) is 14.3 Å². The van der Waals surface area contributed by atoms with E-state index in [-0.39, 0.29) is 18.2 Å². The molecule has 178 valence electrons. The maximum Gasteiger partial charge on any atom is 0.304 e. The number of nitrogens with zero attached hydrogens (tertiary/aromatic N) is 5. The molecule has 1 N–H and O–H groups in total. The van der Waals surface area contributed by atoms with Gasteiger partial charge in [-0.05, 0) is 74.0 Å². The summed E-state index contributed by atoms with van der Waals surface area (Å²) in [5, 5.41) is 23.2. The molecule has 1 aliphatic rings. The summed E-state index contributed by atoms with van der Waals surface area (Å²) in [5.41, 5.74) is 1.88. The van der Waals surface area contributed by atoms with Crippen molar-refractivity contribution in [1.29, 1.82) is 0 Å². The van der Waals surface area contributed by atoms with E-state index in [1.807, 2.05) is 34.9 Å². The zero-order valence-corrected chi connectivity index (χ0v) is 20.4. The number of amides is 1. The predicted octanol–water partition coefficient (Wildman–Crippen LogP) is 5.22. The van der Waals surface area contributed by atoms with Gasteiger partial charge in [0.25, 0.3) is 0 Å². The molecule has 0 spiro atoms. The van der Waals surface area contributed by atoms with Crippen LogP contribution >= 0.6 is 15.9 Å². The Bertz CT molecular complexity index is 1200. The lowest BCUT2D eigenvalue weighted by atomic mass is 10.1. The number of hydrogen-bond acceptors (Lipinski definition) is 7. The van der Waals surface area contributed by atoms with Gasteiger partial charge in [-0.15, -0.1) is 10.2 Å². The first-order valence-corrected chi connectivity index (χ1v) is 11.8. The van der Waals surface area contributed by atoms with Crippen molar-refractivity contribution in [3.8, 4) is 11.6 Å². The van der Waals surface area contributed by atoms with Crippen molar-refractivity contribution in [2.45, 2.75) is 25.9 Å². The highest BCUT2D eigenvalue weighted by atomic mass is 79.9. The van der Waals surface area contributed by atoms with Crippen molar-refractivity contribution >= 4 is 44.6 Å². The van der Waals surface area contributed by atoms with Crippen LogP contribution in [0.1, 0.15) is 24.8 Å². The van der Waals surface area contributed by atoms with Gasteiger partial charge >= 0.3 is 5.91 Å². The summed E-state index contributed by atoms with van der Waals surface area (Å²) >= 11 is 3.46. The Morgan fingerprint density at radius 2 is 1.91 bits per heavy atom. The lowest BCUT2D eigenvalue weighted by molar-refractivity contribution is -0.122. The topological polar surface area (TPSA) is 101 Å². The largest absolute Gasteiger partial charge is 0.497 e. The average molecular weight is 528 g/mol. The number of likely N-dealkylation sites (tertiary alicyclic amines) is 1. The fourth-order valence-electron chi connectivity index (χ4n) is 3.85. The number of rotatable bonds is 8. The monoisotopic (exact) mass is 527 g/mol. The van der Waals surface area contributed by atoms with Crippen LogP contribution in [0.3, 0.4) is 0 Å². The second-order valence-electron chi connectivity index (χ2n) is 7.96. The number of aromatic nitrogens is 1. The first-order valence-electron chi connectivity index (χ1n) is 11.0. The van der Waals surface area contributed by atoms with E-state index in [9.17, 15) is 9.90 Å². The summed E-state index contributed by atoms with van der Waals surface area (Å²) in [6.45, 7) is 2.16. The number of hydrogen-bond donors (Lipinski definition) is 1. The third kappa shape index (κ3) is 5.81. The quantitative estimate of drug-likeness (QED) is 0.245. The zero-order chi connectivity index (χ0) is 23.9. The Morgan fingerprint density at radius 3 is 2.65 bits per heavy atom. The van der Waals surface area contributed by atoms with Crippen molar-refractivity contribution in [3.63, 3.8) is 0 Å². The van der Waals surface area contributed by atoms with Crippen LogP contribution in [0.15, 0.2) is 62.3 Å². The van der Waals surface area contributed by atoms with E-state index in [1.54, 1.807) is 19.2 Å². The van der Waals surface area contributed by atoms with Crippen LogP contribution in [0.25, 0.3) is 10.9 Å². The third-order valence-corrected chi connectivity index (χ3v) is 6.10. The number of piperidine rings is 1. The smallest absolute Gasteiger partial charge is 0.304 e. The maximum atomic E-state index is 12.2. The van der Waals surface area contributed by atoms with Crippen molar-refractivity contribution in [2.24, 2.45) is 15.4 Å². The summed E-state index contributed by atoms with van der Waals surface area (Å²) in [5.74, 6) is 0.105. The van der Waals surface area contributed by atoms with Gasteiger partial charge in [0.05, 0.1) is 25.5 Å². The van der Waals surface area contributed by atoms with Gasteiger partial charge in [-0.1, -0.05) is 27.5 Å². The minimum atomic E-state index is -0.613. The number of azo groups is 1. The SMILES string of the molecule is COc1ccc(/C=N\OCC(=O)N=Nc2c(O)n(CN3CCCCC3)c3ccc(Br)cc23)cc1. The Morgan fingerprint density at radius 1 is 1.15 bits per heavy atom. The van der Waals surface area contributed by atoms with Crippen LogP contribution in [0.4, 0.5) is 5.69 Å². The molecule has 1 amide bonds. The van der Waals surface area contributed by atoms with Gasteiger partial charge in [0.2, 0.25) is 5.88 Å². The normalized spacial score (nSPS) is 14.9. The van der Waals surface area contributed by atoms with Gasteiger partial charge < -0.3 is 14.7 Å². The van der Waals surface area contributed by atoms with E-state index < -0.39 is 5.91 Å². The summed E-state index contributed by atoms with van der Waals surface area (Å²) in [6, 6.07) is 12.9. The minimum absolute atomic E-state index is 0.0198. The molecule has 1 aliphatic heterocycles. The van der Waals surface area contributed by atoms with Crippen LogP contribution in [-0.2, 0) is 16.3 Å². The highest BCUT2D eigenvalue weighted by molar-refractivity contribution is 9.10. The molecule has 2 aromatic carbocycles. The third-order valence-electron chi connectivity index (χ3n) is 5.60. The van der Waals surface area contributed by atoms with Gasteiger partial charge in [0.15, 0.2) is 12.3 Å². The molecule has 0 atom stereocenters. The number of aromatic hydroxyl groups is 1. The molecule has 34 heavy (non-hydrogen) atoms. The van der Waals surface area contributed by atoms with Crippen molar-refractivity contribution in [1.82, 2.24) is 9.47 Å². The number of benzene rings is 2. The molecule has 0 aliphatic carbocycles. The average Bonchev–Trinajstić information content (AvgIpc) is 3.11. The second-order valence-corrected chi connectivity index (χ2v) is 8.87. The number of oxime groups is 1. The first kappa shape index (κ1) is 23.9. The molecule has 0 saturated carbocycles. The van der Waals surface area contributed by atoms with Crippen molar-refractivity contribution < 1.29 is 19.5 Å². The summed E-state index contributed by atoms with van der Waals surface area (Å²) < 4.78 is 7.75. The predicted molar refractivity (Wildman–Crippen MR) is 133 cm³/mol. The molecule has 4 rings (SSSR count). The molecule has 0 unspecified atom stereocenters. The number of fused-ring (bicyclic) bond motifs is 1. The van der Waals surface area contributed by atoms with E-state index in [0.29, 0.717) is 12.1 Å². The first-order chi connectivity index (χ1) is 16.5. The van der Waals surface area contributed by atoms with Crippen LogP contribution in [0, 0.1) is 0 Å². The standard InChI is InChI=1S/C24H26BrN5O4/c1-33-19-8-5-17(6-9-19)14-26-34-15-22(31)27-28-23-20-13-18(25)7-10-21(20)30(24(23)32)16-29-11-3-2-4-12-29/h5-10,13-14,32H,2-4,11-12,15-16H2,1H3/b26-14-,28-27?. The van der Waals surface area contributed by atoms with Crippen LogP contribution < -0.4 is 4.74 Å². The van der Waals surface area contributed by atoms with Gasteiger partial charge in [0, 0.05) is 9.86 Å². The van der Waals surface area contributed by atoms with Crippen LogP contribution in [0.5, 0.6) is 11.6 Å². The van der Waals surface area contributed by atoms with E-state index in [4.69, 9.17) is 9.57 Å².